The van der Waals surface area contributed by atoms with Gasteiger partial charge in [-0.3, -0.25) is 0 Å². The van der Waals surface area contributed by atoms with E-state index in [-0.39, 0.29) is 0 Å². The van der Waals surface area contributed by atoms with Crippen molar-refractivity contribution in [2.24, 2.45) is 0 Å². The maximum absolute atomic E-state index is 5.70. The highest BCUT2D eigenvalue weighted by atomic mass is 79.9. The molecule has 0 unspecified atom stereocenters. The van der Waals surface area contributed by atoms with Gasteiger partial charge in [0.1, 0.15) is 0 Å². The smallest absolute Gasteiger partial charge is 0.175 e. The molecule has 1 rings (SSSR count). The Balaban J connectivity index is 2.80. The van der Waals surface area contributed by atoms with Crippen molar-refractivity contribution in [3.8, 4) is 11.5 Å². The minimum absolute atomic E-state index is 0.683. The van der Waals surface area contributed by atoms with E-state index in [9.17, 15) is 0 Å². The summed E-state index contributed by atoms with van der Waals surface area (Å²) in [5.74, 6) is 1.53. The van der Waals surface area contributed by atoms with E-state index in [1.54, 1.807) is 7.11 Å². The van der Waals surface area contributed by atoms with Gasteiger partial charge in [-0.1, -0.05) is 19.1 Å². The number of hydrogen-bond donors (Lipinski definition) is 1. The Kier molecular flexibility index (Phi) is 6.95. The van der Waals surface area contributed by atoms with E-state index in [1.807, 2.05) is 13.0 Å². The standard InChI is InChI=1S/C15H22BrNO2/c1-5-6-19-15-13(16)7-12(8-14(15)18-4)10-17-9-11(2)3/h7-8,17H,2,5-6,9-10H2,1,3-4H3. The highest BCUT2D eigenvalue weighted by molar-refractivity contribution is 9.10. The summed E-state index contributed by atoms with van der Waals surface area (Å²) < 4.78 is 12.0. The molecular weight excluding hydrogens is 306 g/mol. The molecule has 0 bridgehead atoms. The molecule has 0 amide bonds. The van der Waals surface area contributed by atoms with E-state index in [0.29, 0.717) is 6.61 Å². The second-order valence-corrected chi connectivity index (χ2v) is 5.37. The molecule has 1 aromatic carbocycles. The maximum atomic E-state index is 5.70. The minimum atomic E-state index is 0.683. The predicted molar refractivity (Wildman–Crippen MR) is 83.0 cm³/mol. The third kappa shape index (κ3) is 5.25. The Morgan fingerprint density at radius 1 is 1.42 bits per heavy atom. The molecule has 19 heavy (non-hydrogen) atoms. The summed E-state index contributed by atoms with van der Waals surface area (Å²) in [6.07, 6.45) is 0.970. The predicted octanol–water partition coefficient (Wildman–Crippen LogP) is 3.91. The second kappa shape index (κ2) is 8.23. The van der Waals surface area contributed by atoms with Crippen LogP contribution < -0.4 is 14.8 Å². The normalized spacial score (nSPS) is 10.3. The Bertz CT molecular complexity index is 432. The van der Waals surface area contributed by atoms with Gasteiger partial charge in [0.25, 0.3) is 0 Å². The summed E-state index contributed by atoms with van der Waals surface area (Å²) in [7, 11) is 1.66. The number of hydrogen-bond acceptors (Lipinski definition) is 3. The van der Waals surface area contributed by atoms with E-state index in [1.165, 1.54) is 0 Å². The number of benzene rings is 1. The summed E-state index contributed by atoms with van der Waals surface area (Å²) in [5.41, 5.74) is 2.27. The highest BCUT2D eigenvalue weighted by Crippen LogP contribution is 2.36. The van der Waals surface area contributed by atoms with Crippen LogP contribution in [0.1, 0.15) is 25.8 Å². The van der Waals surface area contributed by atoms with Gasteiger partial charge in [-0.15, -0.1) is 0 Å². The number of ether oxygens (including phenoxy) is 2. The molecule has 1 N–H and O–H groups in total. The van der Waals surface area contributed by atoms with Crippen LogP contribution >= 0.6 is 15.9 Å². The Morgan fingerprint density at radius 2 is 2.16 bits per heavy atom. The third-order valence-corrected chi connectivity index (χ3v) is 3.08. The van der Waals surface area contributed by atoms with Gasteiger partial charge in [-0.25, -0.2) is 0 Å². The maximum Gasteiger partial charge on any atom is 0.175 e. The summed E-state index contributed by atoms with van der Waals surface area (Å²) in [5, 5.41) is 3.33. The summed E-state index contributed by atoms with van der Waals surface area (Å²) in [4.78, 5) is 0. The number of nitrogens with one attached hydrogen (secondary N) is 1. The van der Waals surface area contributed by atoms with Crippen molar-refractivity contribution in [3.63, 3.8) is 0 Å². The van der Waals surface area contributed by atoms with Crippen molar-refractivity contribution < 1.29 is 9.47 Å². The molecule has 0 aliphatic heterocycles. The van der Waals surface area contributed by atoms with Crippen LogP contribution in [0.25, 0.3) is 0 Å². The molecule has 4 heteroatoms. The van der Waals surface area contributed by atoms with Crippen LogP contribution in [0.15, 0.2) is 28.8 Å². The van der Waals surface area contributed by atoms with Crippen LogP contribution in [-0.2, 0) is 6.54 Å². The monoisotopic (exact) mass is 327 g/mol. The number of halogens is 1. The molecule has 3 nitrogen and oxygen atoms in total. The van der Waals surface area contributed by atoms with Crippen LogP contribution in [0.5, 0.6) is 11.5 Å². The molecule has 0 spiro atoms. The highest BCUT2D eigenvalue weighted by Gasteiger charge is 2.11. The largest absolute Gasteiger partial charge is 0.493 e. The molecule has 0 aromatic heterocycles. The summed E-state index contributed by atoms with van der Waals surface area (Å²) in [6, 6.07) is 4.06. The zero-order chi connectivity index (χ0) is 14.3. The van der Waals surface area contributed by atoms with Crippen molar-refractivity contribution in [3.05, 3.63) is 34.3 Å². The molecule has 0 heterocycles. The lowest BCUT2D eigenvalue weighted by atomic mass is 10.2. The van der Waals surface area contributed by atoms with Crippen LogP contribution in [0, 0.1) is 0 Å². The fraction of sp³-hybridized carbons (Fsp3) is 0.467. The van der Waals surface area contributed by atoms with Crippen molar-refractivity contribution >= 4 is 15.9 Å². The van der Waals surface area contributed by atoms with Gasteiger partial charge >= 0.3 is 0 Å². The third-order valence-electron chi connectivity index (χ3n) is 2.50. The fourth-order valence-electron chi connectivity index (χ4n) is 1.64. The molecule has 0 atom stereocenters. The molecular formula is C15H22BrNO2. The summed E-state index contributed by atoms with van der Waals surface area (Å²) >= 11 is 3.54. The first-order chi connectivity index (χ1) is 9.08. The van der Waals surface area contributed by atoms with Gasteiger partial charge < -0.3 is 14.8 Å². The van der Waals surface area contributed by atoms with Crippen molar-refractivity contribution in [1.29, 1.82) is 0 Å². The van der Waals surface area contributed by atoms with E-state index >= 15 is 0 Å². The van der Waals surface area contributed by atoms with E-state index in [2.05, 4.69) is 40.8 Å². The van der Waals surface area contributed by atoms with Gasteiger partial charge in [0.2, 0.25) is 0 Å². The van der Waals surface area contributed by atoms with E-state index < -0.39 is 0 Å². The molecule has 0 aliphatic rings. The van der Waals surface area contributed by atoms with Crippen LogP contribution in [0.4, 0.5) is 0 Å². The Hall–Kier alpha value is -1.00. The van der Waals surface area contributed by atoms with Gasteiger partial charge in [-0.05, 0) is 47.0 Å². The Labute approximate surface area is 124 Å². The first-order valence-corrected chi connectivity index (χ1v) is 7.22. The van der Waals surface area contributed by atoms with Gasteiger partial charge in [0.05, 0.1) is 18.2 Å². The van der Waals surface area contributed by atoms with Gasteiger partial charge in [-0.2, -0.15) is 0 Å². The lowest BCUT2D eigenvalue weighted by molar-refractivity contribution is 0.292. The Morgan fingerprint density at radius 3 is 2.74 bits per heavy atom. The number of rotatable bonds is 8. The fourth-order valence-corrected chi connectivity index (χ4v) is 2.24. The quantitative estimate of drug-likeness (QED) is 0.734. The van der Waals surface area contributed by atoms with Crippen LogP contribution in [-0.4, -0.2) is 20.3 Å². The molecule has 0 aliphatic carbocycles. The number of methoxy groups -OCH3 is 1. The SMILES string of the molecule is C=C(C)CNCc1cc(Br)c(OCCC)c(OC)c1. The lowest BCUT2D eigenvalue weighted by Gasteiger charge is -2.14. The molecule has 1 aromatic rings. The first kappa shape index (κ1) is 16.1. The lowest BCUT2D eigenvalue weighted by Crippen LogP contribution is -2.15. The topological polar surface area (TPSA) is 30.5 Å². The molecule has 0 saturated carbocycles. The zero-order valence-corrected chi connectivity index (χ0v) is 13.5. The zero-order valence-electron chi connectivity index (χ0n) is 11.9. The van der Waals surface area contributed by atoms with Crippen molar-refractivity contribution in [1.82, 2.24) is 5.32 Å². The van der Waals surface area contributed by atoms with E-state index in [4.69, 9.17) is 9.47 Å². The van der Waals surface area contributed by atoms with Crippen molar-refractivity contribution in [2.75, 3.05) is 20.3 Å². The second-order valence-electron chi connectivity index (χ2n) is 4.52. The molecule has 106 valence electrons. The average molecular weight is 328 g/mol. The summed E-state index contributed by atoms with van der Waals surface area (Å²) in [6.45, 7) is 10.2. The van der Waals surface area contributed by atoms with Crippen LogP contribution in [0.2, 0.25) is 0 Å². The van der Waals surface area contributed by atoms with Gasteiger partial charge in [0, 0.05) is 13.1 Å². The minimum Gasteiger partial charge on any atom is -0.493 e. The van der Waals surface area contributed by atoms with E-state index in [0.717, 1.165) is 46.6 Å². The first-order valence-electron chi connectivity index (χ1n) is 6.42. The molecule has 0 saturated heterocycles. The van der Waals surface area contributed by atoms with Crippen molar-refractivity contribution in [2.45, 2.75) is 26.8 Å². The van der Waals surface area contributed by atoms with Crippen LogP contribution in [0.3, 0.4) is 0 Å². The average Bonchev–Trinajstić information content (AvgIpc) is 2.36. The molecule has 0 radical (unpaired) electrons. The molecule has 0 fully saturated rings. The van der Waals surface area contributed by atoms with Gasteiger partial charge in [0.15, 0.2) is 11.5 Å².